The molecule has 0 aliphatic carbocycles. The maximum Gasteiger partial charge on any atom is 0.119 e. The molecular weight excluding hydrogens is 262 g/mol. The predicted molar refractivity (Wildman–Crippen MR) is 85.1 cm³/mol. The van der Waals surface area contributed by atoms with Crippen molar-refractivity contribution >= 4 is 0 Å². The number of rotatable bonds is 5. The van der Waals surface area contributed by atoms with E-state index in [-0.39, 0.29) is 0 Å². The molecule has 3 N–H and O–H groups in total. The summed E-state index contributed by atoms with van der Waals surface area (Å²) < 4.78 is 5.32. The molecule has 0 amide bonds. The van der Waals surface area contributed by atoms with Gasteiger partial charge in [-0.05, 0) is 62.8 Å². The Morgan fingerprint density at radius 2 is 2.05 bits per heavy atom. The molecule has 3 unspecified atom stereocenters. The third-order valence-electron chi connectivity index (χ3n) is 5.51. The zero-order valence-corrected chi connectivity index (χ0v) is 13.1. The van der Waals surface area contributed by atoms with Gasteiger partial charge >= 0.3 is 0 Å². The lowest BCUT2D eigenvalue weighted by atomic mass is 9.83. The fourth-order valence-electron chi connectivity index (χ4n) is 4.20. The molecule has 21 heavy (non-hydrogen) atoms. The molecule has 0 saturated carbocycles. The zero-order chi connectivity index (χ0) is 14.8. The number of fused-ring (bicyclic) bond motifs is 2. The maximum absolute atomic E-state index is 5.87. The Labute approximate surface area is 127 Å². The fourth-order valence-corrected chi connectivity index (χ4v) is 4.20. The third kappa shape index (κ3) is 3.07. The van der Waals surface area contributed by atoms with E-state index in [2.05, 4.69) is 35.6 Å². The summed E-state index contributed by atoms with van der Waals surface area (Å²) >= 11 is 0. The molecule has 3 rings (SSSR count). The van der Waals surface area contributed by atoms with Crippen LogP contribution in [0.4, 0.5) is 0 Å². The SMILES string of the molecule is COc1cccc(CC(NN)C2CC3CCC(C2)N3C)c1. The summed E-state index contributed by atoms with van der Waals surface area (Å²) in [6.45, 7) is 0. The van der Waals surface area contributed by atoms with Gasteiger partial charge in [0.25, 0.3) is 0 Å². The van der Waals surface area contributed by atoms with Gasteiger partial charge in [-0.3, -0.25) is 11.3 Å². The van der Waals surface area contributed by atoms with E-state index in [9.17, 15) is 0 Å². The number of ether oxygens (including phenoxy) is 1. The quantitative estimate of drug-likeness (QED) is 0.642. The Morgan fingerprint density at radius 1 is 1.33 bits per heavy atom. The number of methoxy groups -OCH3 is 1. The monoisotopic (exact) mass is 289 g/mol. The summed E-state index contributed by atoms with van der Waals surface area (Å²) in [5.74, 6) is 7.47. The Bertz CT molecular complexity index is 465. The van der Waals surface area contributed by atoms with Crippen LogP contribution in [-0.2, 0) is 6.42 Å². The van der Waals surface area contributed by atoms with Gasteiger partial charge in [0.15, 0.2) is 0 Å². The number of nitrogens with one attached hydrogen (secondary N) is 1. The molecule has 0 spiro atoms. The highest BCUT2D eigenvalue weighted by molar-refractivity contribution is 5.29. The van der Waals surface area contributed by atoms with Gasteiger partial charge in [-0.25, -0.2) is 0 Å². The highest BCUT2D eigenvalue weighted by Crippen LogP contribution is 2.39. The molecule has 1 aromatic carbocycles. The second-order valence-corrected chi connectivity index (χ2v) is 6.61. The molecule has 1 aromatic rings. The molecule has 0 aromatic heterocycles. The van der Waals surface area contributed by atoms with E-state index in [1.807, 2.05) is 6.07 Å². The van der Waals surface area contributed by atoms with Crippen LogP contribution in [0.5, 0.6) is 5.75 Å². The number of hydrogen-bond donors (Lipinski definition) is 2. The number of hydrazine groups is 1. The van der Waals surface area contributed by atoms with Crippen LogP contribution in [0.15, 0.2) is 24.3 Å². The highest BCUT2D eigenvalue weighted by Gasteiger charge is 2.40. The summed E-state index contributed by atoms with van der Waals surface area (Å²) in [5, 5.41) is 0. The van der Waals surface area contributed by atoms with Gasteiger partial charge < -0.3 is 9.64 Å². The fraction of sp³-hybridized carbons (Fsp3) is 0.647. The molecule has 2 saturated heterocycles. The van der Waals surface area contributed by atoms with Crippen LogP contribution in [-0.4, -0.2) is 37.2 Å². The normalized spacial score (nSPS) is 30.3. The number of benzene rings is 1. The molecule has 116 valence electrons. The molecule has 3 atom stereocenters. The second kappa shape index (κ2) is 6.34. The predicted octanol–water partition coefficient (Wildman–Crippen LogP) is 1.94. The molecule has 2 aliphatic heterocycles. The number of hydrogen-bond acceptors (Lipinski definition) is 4. The van der Waals surface area contributed by atoms with Crippen LogP contribution in [0.2, 0.25) is 0 Å². The molecule has 2 aliphatic rings. The third-order valence-corrected chi connectivity index (χ3v) is 5.51. The maximum atomic E-state index is 5.87. The van der Waals surface area contributed by atoms with Gasteiger partial charge in [-0.2, -0.15) is 0 Å². The van der Waals surface area contributed by atoms with Crippen molar-refractivity contribution in [2.75, 3.05) is 14.2 Å². The van der Waals surface area contributed by atoms with Crippen LogP contribution < -0.4 is 16.0 Å². The average molecular weight is 289 g/mol. The largest absolute Gasteiger partial charge is 0.497 e. The van der Waals surface area contributed by atoms with E-state index in [4.69, 9.17) is 10.6 Å². The smallest absolute Gasteiger partial charge is 0.119 e. The van der Waals surface area contributed by atoms with Gasteiger partial charge in [0.1, 0.15) is 5.75 Å². The Morgan fingerprint density at radius 3 is 2.67 bits per heavy atom. The Kier molecular flexibility index (Phi) is 4.48. The topological polar surface area (TPSA) is 50.5 Å². The first kappa shape index (κ1) is 14.8. The van der Waals surface area contributed by atoms with E-state index in [0.29, 0.717) is 12.0 Å². The summed E-state index contributed by atoms with van der Waals surface area (Å²) in [5.41, 5.74) is 4.38. The van der Waals surface area contributed by atoms with E-state index >= 15 is 0 Å². The van der Waals surface area contributed by atoms with Gasteiger partial charge in [-0.1, -0.05) is 12.1 Å². The first-order valence-electron chi connectivity index (χ1n) is 8.02. The van der Waals surface area contributed by atoms with Crippen molar-refractivity contribution in [3.8, 4) is 5.75 Å². The second-order valence-electron chi connectivity index (χ2n) is 6.61. The first-order valence-corrected chi connectivity index (χ1v) is 8.02. The van der Waals surface area contributed by atoms with Gasteiger partial charge in [-0.15, -0.1) is 0 Å². The van der Waals surface area contributed by atoms with Gasteiger partial charge in [0.2, 0.25) is 0 Å². The zero-order valence-electron chi connectivity index (χ0n) is 13.1. The minimum absolute atomic E-state index is 0.355. The first-order chi connectivity index (χ1) is 10.2. The average Bonchev–Trinajstić information content (AvgIpc) is 2.74. The van der Waals surface area contributed by atoms with Crippen LogP contribution >= 0.6 is 0 Å². The summed E-state index contributed by atoms with van der Waals surface area (Å²) in [7, 11) is 4.00. The molecule has 4 heteroatoms. The Hall–Kier alpha value is -1.10. The van der Waals surface area contributed by atoms with Crippen molar-refractivity contribution in [2.45, 2.75) is 50.2 Å². The molecule has 2 fully saturated rings. The number of nitrogens with two attached hydrogens (primary N) is 1. The summed E-state index contributed by atoms with van der Waals surface area (Å²) in [6, 6.07) is 10.2. The van der Waals surface area contributed by atoms with E-state index in [1.165, 1.54) is 31.2 Å². The van der Waals surface area contributed by atoms with Crippen LogP contribution in [0.1, 0.15) is 31.2 Å². The van der Waals surface area contributed by atoms with Crippen LogP contribution in [0, 0.1) is 5.92 Å². The summed E-state index contributed by atoms with van der Waals surface area (Å²) in [4.78, 5) is 2.58. The standard InChI is InChI=1S/C17H27N3O/c1-20-14-6-7-15(20)11-13(10-14)17(19-18)9-12-4-3-5-16(8-12)21-2/h3-5,8,13-15,17,19H,6-7,9-11,18H2,1-2H3. The lowest BCUT2D eigenvalue weighted by molar-refractivity contribution is 0.112. The van der Waals surface area contributed by atoms with Crippen LogP contribution in [0.25, 0.3) is 0 Å². The van der Waals surface area contributed by atoms with Crippen molar-refractivity contribution in [1.29, 1.82) is 0 Å². The van der Waals surface area contributed by atoms with Crippen molar-refractivity contribution in [2.24, 2.45) is 11.8 Å². The van der Waals surface area contributed by atoms with Crippen molar-refractivity contribution in [3.05, 3.63) is 29.8 Å². The highest BCUT2D eigenvalue weighted by atomic mass is 16.5. The Balaban J connectivity index is 1.68. The van der Waals surface area contributed by atoms with Gasteiger partial charge in [0.05, 0.1) is 7.11 Å². The van der Waals surface area contributed by atoms with Gasteiger partial charge in [0, 0.05) is 18.1 Å². The van der Waals surface area contributed by atoms with Crippen molar-refractivity contribution in [1.82, 2.24) is 10.3 Å². The summed E-state index contributed by atoms with van der Waals surface area (Å²) in [6.07, 6.45) is 6.22. The lowest BCUT2D eigenvalue weighted by Crippen LogP contribution is -2.49. The lowest BCUT2D eigenvalue weighted by Gasteiger charge is -2.39. The minimum atomic E-state index is 0.355. The minimum Gasteiger partial charge on any atom is -0.497 e. The van der Waals surface area contributed by atoms with Crippen molar-refractivity contribution in [3.63, 3.8) is 0 Å². The number of nitrogens with zero attached hydrogens (tertiary/aromatic N) is 1. The molecule has 0 radical (unpaired) electrons. The molecule has 2 heterocycles. The van der Waals surface area contributed by atoms with Crippen LogP contribution in [0.3, 0.4) is 0 Å². The molecule has 4 nitrogen and oxygen atoms in total. The number of piperidine rings is 1. The van der Waals surface area contributed by atoms with E-state index in [0.717, 1.165) is 24.3 Å². The van der Waals surface area contributed by atoms with E-state index in [1.54, 1.807) is 7.11 Å². The molecular formula is C17H27N3O. The molecule has 2 bridgehead atoms. The van der Waals surface area contributed by atoms with E-state index < -0.39 is 0 Å². The van der Waals surface area contributed by atoms with Crippen molar-refractivity contribution < 1.29 is 4.74 Å².